The maximum absolute atomic E-state index is 11.0. The number of nitrogens with one attached hydrogen (secondary N) is 1. The third kappa shape index (κ3) is 1.66. The van der Waals surface area contributed by atoms with Crippen LogP contribution in [-0.4, -0.2) is 10.9 Å². The molecule has 1 heterocycles. The second-order valence-corrected chi connectivity index (χ2v) is 2.67. The number of nitrogens with zero attached hydrogens (tertiary/aromatic N) is 1. The Hall–Kier alpha value is -0.840. The highest BCUT2D eigenvalue weighted by molar-refractivity contribution is 6.43. The number of carbonyl (C=O) groups excluding carboxylic acids is 1. The summed E-state index contributed by atoms with van der Waals surface area (Å²) in [5.41, 5.74) is 2.15. The second kappa shape index (κ2) is 3.71. The Kier molecular flexibility index (Phi) is 2.86. The molecule has 0 spiro atoms. The van der Waals surface area contributed by atoms with Crippen molar-refractivity contribution in [2.24, 2.45) is 5.84 Å². The van der Waals surface area contributed by atoms with Crippen molar-refractivity contribution in [3.05, 3.63) is 28.0 Å². The van der Waals surface area contributed by atoms with Crippen LogP contribution < -0.4 is 11.3 Å². The lowest BCUT2D eigenvalue weighted by Crippen LogP contribution is -2.30. The molecule has 64 valence electrons. The topological polar surface area (TPSA) is 68.0 Å². The highest BCUT2D eigenvalue weighted by atomic mass is 35.5. The van der Waals surface area contributed by atoms with E-state index in [2.05, 4.69) is 4.98 Å². The van der Waals surface area contributed by atoms with Crippen LogP contribution in [0.1, 0.15) is 10.4 Å². The summed E-state index contributed by atoms with van der Waals surface area (Å²) < 4.78 is 0. The van der Waals surface area contributed by atoms with Crippen LogP contribution in [0.5, 0.6) is 0 Å². The summed E-state index contributed by atoms with van der Waals surface area (Å²) in [6.45, 7) is 0. The lowest BCUT2D eigenvalue weighted by molar-refractivity contribution is 0.0953. The highest BCUT2D eigenvalue weighted by Crippen LogP contribution is 2.22. The number of nitrogens with two attached hydrogens (primary N) is 1. The van der Waals surface area contributed by atoms with E-state index in [9.17, 15) is 4.79 Å². The van der Waals surface area contributed by atoms with Gasteiger partial charge in [0.15, 0.2) is 0 Å². The van der Waals surface area contributed by atoms with Crippen molar-refractivity contribution < 1.29 is 4.79 Å². The van der Waals surface area contributed by atoms with E-state index < -0.39 is 5.91 Å². The molecule has 0 bridgehead atoms. The fourth-order valence-corrected chi connectivity index (χ4v) is 1.03. The Balaban J connectivity index is 3.16. The van der Waals surface area contributed by atoms with E-state index in [1.165, 1.54) is 12.3 Å². The zero-order valence-electron chi connectivity index (χ0n) is 5.84. The van der Waals surface area contributed by atoms with Gasteiger partial charge in [-0.2, -0.15) is 0 Å². The van der Waals surface area contributed by atoms with Crippen molar-refractivity contribution in [2.75, 3.05) is 0 Å². The molecular weight excluding hydrogens is 201 g/mol. The Morgan fingerprint density at radius 3 is 2.83 bits per heavy atom. The maximum atomic E-state index is 11.0. The Morgan fingerprint density at radius 2 is 2.25 bits per heavy atom. The Bertz CT molecular complexity index is 316. The van der Waals surface area contributed by atoms with Gasteiger partial charge in [-0.25, -0.2) is 10.8 Å². The predicted octanol–water partition coefficient (Wildman–Crippen LogP) is 0.992. The first-order chi connectivity index (χ1) is 5.66. The van der Waals surface area contributed by atoms with Gasteiger partial charge in [0.1, 0.15) is 5.15 Å². The molecule has 1 aromatic heterocycles. The average molecular weight is 206 g/mol. The van der Waals surface area contributed by atoms with Crippen LogP contribution in [0.15, 0.2) is 12.3 Å². The lowest BCUT2D eigenvalue weighted by atomic mass is 10.2. The molecule has 1 amide bonds. The molecule has 6 heteroatoms. The van der Waals surface area contributed by atoms with Crippen LogP contribution in [0.4, 0.5) is 0 Å². The normalized spacial score (nSPS) is 9.58. The fourth-order valence-electron chi connectivity index (χ4n) is 0.671. The molecule has 0 atom stereocenters. The quantitative estimate of drug-likeness (QED) is 0.311. The van der Waals surface area contributed by atoms with Crippen LogP contribution >= 0.6 is 23.2 Å². The minimum Gasteiger partial charge on any atom is -0.290 e. The summed E-state index contributed by atoms with van der Waals surface area (Å²) in [5.74, 6) is 4.41. The van der Waals surface area contributed by atoms with Gasteiger partial charge in [-0.05, 0) is 6.07 Å². The Labute approximate surface area is 78.6 Å². The molecule has 1 rings (SSSR count). The van der Waals surface area contributed by atoms with E-state index in [-0.39, 0.29) is 15.7 Å². The van der Waals surface area contributed by atoms with Crippen molar-refractivity contribution in [3.8, 4) is 0 Å². The van der Waals surface area contributed by atoms with Crippen molar-refractivity contribution in [1.29, 1.82) is 0 Å². The molecule has 1 aromatic rings. The molecule has 0 aliphatic rings. The number of hydrazine groups is 1. The highest BCUT2D eigenvalue weighted by Gasteiger charge is 2.11. The van der Waals surface area contributed by atoms with Crippen LogP contribution in [0, 0.1) is 0 Å². The second-order valence-electron chi connectivity index (χ2n) is 1.94. The molecular formula is C6H5Cl2N3O. The summed E-state index contributed by atoms with van der Waals surface area (Å²) in [6, 6.07) is 1.43. The number of rotatable bonds is 1. The van der Waals surface area contributed by atoms with Gasteiger partial charge in [-0.1, -0.05) is 23.2 Å². The number of aromatic nitrogens is 1. The number of hydrogen-bond acceptors (Lipinski definition) is 3. The number of amides is 1. The molecule has 0 unspecified atom stereocenters. The smallest absolute Gasteiger partial charge is 0.266 e. The molecule has 0 aromatic carbocycles. The van der Waals surface area contributed by atoms with Gasteiger partial charge in [-0.3, -0.25) is 10.2 Å². The first-order valence-electron chi connectivity index (χ1n) is 2.97. The van der Waals surface area contributed by atoms with Crippen molar-refractivity contribution in [3.63, 3.8) is 0 Å². The summed E-state index contributed by atoms with van der Waals surface area (Å²) in [4.78, 5) is 14.6. The van der Waals surface area contributed by atoms with Crippen LogP contribution in [-0.2, 0) is 0 Å². The first-order valence-corrected chi connectivity index (χ1v) is 3.73. The minimum atomic E-state index is -0.496. The van der Waals surface area contributed by atoms with Gasteiger partial charge >= 0.3 is 0 Å². The number of hydrogen-bond donors (Lipinski definition) is 2. The zero-order chi connectivity index (χ0) is 9.14. The molecule has 0 saturated heterocycles. The summed E-state index contributed by atoms with van der Waals surface area (Å²) in [7, 11) is 0. The standard InChI is InChI=1S/C6H5Cl2N3O/c7-4-3(6(12)11-9)1-2-10-5(4)8/h1-2H,9H2,(H,11,12). The Morgan fingerprint density at radius 1 is 1.58 bits per heavy atom. The zero-order valence-corrected chi connectivity index (χ0v) is 7.36. The molecule has 4 nitrogen and oxygen atoms in total. The van der Waals surface area contributed by atoms with Gasteiger partial charge in [0, 0.05) is 6.20 Å². The summed E-state index contributed by atoms with van der Waals surface area (Å²) in [6.07, 6.45) is 1.37. The molecule has 0 aliphatic carbocycles. The molecule has 0 aliphatic heterocycles. The largest absolute Gasteiger partial charge is 0.290 e. The molecule has 0 radical (unpaired) electrons. The number of carbonyl (C=O) groups is 1. The van der Waals surface area contributed by atoms with E-state index in [0.29, 0.717) is 0 Å². The SMILES string of the molecule is NNC(=O)c1ccnc(Cl)c1Cl. The summed E-state index contributed by atoms with van der Waals surface area (Å²) >= 11 is 11.2. The predicted molar refractivity (Wildman–Crippen MR) is 45.9 cm³/mol. The molecule has 12 heavy (non-hydrogen) atoms. The van der Waals surface area contributed by atoms with Crippen molar-refractivity contribution in [1.82, 2.24) is 10.4 Å². The number of halogens is 2. The average Bonchev–Trinajstić information content (AvgIpc) is 2.08. The maximum Gasteiger partial charge on any atom is 0.266 e. The van der Waals surface area contributed by atoms with Gasteiger partial charge in [0.05, 0.1) is 10.6 Å². The van der Waals surface area contributed by atoms with Gasteiger partial charge in [-0.15, -0.1) is 0 Å². The van der Waals surface area contributed by atoms with Crippen molar-refractivity contribution >= 4 is 29.1 Å². The van der Waals surface area contributed by atoms with Crippen LogP contribution in [0.3, 0.4) is 0 Å². The van der Waals surface area contributed by atoms with E-state index in [0.717, 1.165) is 0 Å². The van der Waals surface area contributed by atoms with Gasteiger partial charge < -0.3 is 0 Å². The minimum absolute atomic E-state index is 0.0813. The molecule has 0 fully saturated rings. The van der Waals surface area contributed by atoms with Crippen LogP contribution in [0.25, 0.3) is 0 Å². The van der Waals surface area contributed by atoms with E-state index >= 15 is 0 Å². The molecule has 3 N–H and O–H groups in total. The fraction of sp³-hybridized carbons (Fsp3) is 0. The van der Waals surface area contributed by atoms with E-state index in [4.69, 9.17) is 29.0 Å². The van der Waals surface area contributed by atoms with E-state index in [1.807, 2.05) is 5.43 Å². The van der Waals surface area contributed by atoms with Gasteiger partial charge in [0.25, 0.3) is 5.91 Å². The van der Waals surface area contributed by atoms with Crippen molar-refractivity contribution in [2.45, 2.75) is 0 Å². The molecule has 0 saturated carbocycles. The van der Waals surface area contributed by atoms with Crippen LogP contribution in [0.2, 0.25) is 10.2 Å². The first kappa shape index (κ1) is 9.25. The number of nitrogen functional groups attached to an aromatic ring is 1. The van der Waals surface area contributed by atoms with Gasteiger partial charge in [0.2, 0.25) is 0 Å². The third-order valence-corrected chi connectivity index (χ3v) is 1.99. The monoisotopic (exact) mass is 205 g/mol. The summed E-state index contributed by atoms with van der Waals surface area (Å²) in [5, 5.41) is 0.180. The lowest BCUT2D eigenvalue weighted by Gasteiger charge is -2.01. The van der Waals surface area contributed by atoms with E-state index in [1.54, 1.807) is 0 Å². The number of pyridine rings is 1. The third-order valence-electron chi connectivity index (χ3n) is 1.22.